The van der Waals surface area contributed by atoms with Crippen molar-refractivity contribution in [2.75, 3.05) is 18.4 Å². The Hall–Kier alpha value is -1.57. The van der Waals surface area contributed by atoms with Gasteiger partial charge >= 0.3 is 0 Å². The summed E-state index contributed by atoms with van der Waals surface area (Å²) in [6.07, 6.45) is 1.61. The van der Waals surface area contributed by atoms with Crippen LogP contribution in [-0.4, -0.2) is 25.0 Å². The Labute approximate surface area is 136 Å². The number of guanidine groups is 1. The van der Waals surface area contributed by atoms with Gasteiger partial charge in [-0.25, -0.2) is 4.99 Å². The number of aryl methyl sites for hydroxylation is 2. The summed E-state index contributed by atoms with van der Waals surface area (Å²) in [6, 6.07) is 5.90. The molecule has 1 aromatic carbocycles. The molecular weight excluding hydrogens is 367 g/mol. The van der Waals surface area contributed by atoms with Gasteiger partial charge < -0.3 is 16.4 Å². The second-order valence-corrected chi connectivity index (χ2v) is 4.22. The lowest BCUT2D eigenvalue weighted by Crippen LogP contribution is -2.29. The van der Waals surface area contributed by atoms with Crippen molar-refractivity contribution in [2.24, 2.45) is 10.7 Å². The van der Waals surface area contributed by atoms with Crippen LogP contribution in [0.2, 0.25) is 0 Å². The standard InChI is InChI=1S/C14H20N4O.HI/c1-4-7-16-13(19)9-17-14(15)18-12-6-5-10(2)11(3)8-12;/h4-6,8H,1,7,9H2,2-3H3,(H,16,19)(H3,15,17,18);1H. The summed E-state index contributed by atoms with van der Waals surface area (Å²) in [4.78, 5) is 15.3. The molecule has 0 bridgehead atoms. The van der Waals surface area contributed by atoms with Crippen LogP contribution in [0.5, 0.6) is 0 Å². The van der Waals surface area contributed by atoms with E-state index in [1.165, 1.54) is 11.1 Å². The van der Waals surface area contributed by atoms with Crippen molar-refractivity contribution < 1.29 is 4.79 Å². The van der Waals surface area contributed by atoms with Crippen LogP contribution in [0.25, 0.3) is 0 Å². The molecule has 0 aliphatic heterocycles. The minimum atomic E-state index is -0.190. The van der Waals surface area contributed by atoms with E-state index < -0.39 is 0 Å². The predicted molar refractivity (Wildman–Crippen MR) is 94.6 cm³/mol. The molecular formula is C14H21IN4O. The second kappa shape index (κ2) is 9.35. The number of anilines is 1. The van der Waals surface area contributed by atoms with Crippen LogP contribution < -0.4 is 16.4 Å². The molecule has 0 aliphatic rings. The molecule has 1 amide bonds. The Morgan fingerprint density at radius 1 is 1.40 bits per heavy atom. The van der Waals surface area contributed by atoms with Gasteiger partial charge in [0, 0.05) is 12.2 Å². The molecule has 0 radical (unpaired) electrons. The van der Waals surface area contributed by atoms with Crippen molar-refractivity contribution >= 4 is 41.5 Å². The van der Waals surface area contributed by atoms with Crippen molar-refractivity contribution in [2.45, 2.75) is 13.8 Å². The fourth-order valence-electron chi connectivity index (χ4n) is 1.41. The lowest BCUT2D eigenvalue weighted by Gasteiger charge is -2.08. The summed E-state index contributed by atoms with van der Waals surface area (Å²) in [5, 5.41) is 5.57. The molecule has 0 saturated heterocycles. The van der Waals surface area contributed by atoms with Gasteiger partial charge in [-0.1, -0.05) is 12.1 Å². The van der Waals surface area contributed by atoms with Crippen LogP contribution >= 0.6 is 24.0 Å². The third kappa shape index (κ3) is 6.55. The summed E-state index contributed by atoms with van der Waals surface area (Å²) in [5.41, 5.74) is 8.95. The molecule has 0 unspecified atom stereocenters. The van der Waals surface area contributed by atoms with Gasteiger partial charge in [0.1, 0.15) is 6.54 Å². The fraction of sp³-hybridized carbons (Fsp3) is 0.286. The normalized spacial score (nSPS) is 10.4. The van der Waals surface area contributed by atoms with Gasteiger partial charge in [-0.2, -0.15) is 0 Å². The Morgan fingerprint density at radius 2 is 2.10 bits per heavy atom. The molecule has 0 aromatic heterocycles. The Balaban J connectivity index is 0.00000361. The number of hydrogen-bond acceptors (Lipinski definition) is 2. The van der Waals surface area contributed by atoms with Crippen LogP contribution in [0.4, 0.5) is 5.69 Å². The lowest BCUT2D eigenvalue weighted by atomic mass is 10.1. The second-order valence-electron chi connectivity index (χ2n) is 4.22. The molecule has 110 valence electrons. The maximum Gasteiger partial charge on any atom is 0.242 e. The molecule has 0 heterocycles. The summed E-state index contributed by atoms with van der Waals surface area (Å²) in [5.74, 6) is 0.0294. The molecule has 0 saturated carbocycles. The third-order valence-electron chi connectivity index (χ3n) is 2.62. The van der Waals surface area contributed by atoms with Gasteiger partial charge in [-0.05, 0) is 37.1 Å². The average molecular weight is 388 g/mol. The molecule has 5 nitrogen and oxygen atoms in total. The molecule has 20 heavy (non-hydrogen) atoms. The van der Waals surface area contributed by atoms with E-state index >= 15 is 0 Å². The number of carbonyl (C=O) groups is 1. The highest BCUT2D eigenvalue weighted by Gasteiger charge is 2.00. The van der Waals surface area contributed by atoms with E-state index in [2.05, 4.69) is 22.2 Å². The number of amides is 1. The van der Waals surface area contributed by atoms with Gasteiger partial charge in [0.15, 0.2) is 5.96 Å². The number of nitrogens with one attached hydrogen (secondary N) is 2. The summed E-state index contributed by atoms with van der Waals surface area (Å²) in [6.45, 7) is 8.00. The number of hydrogen-bond donors (Lipinski definition) is 3. The topological polar surface area (TPSA) is 79.5 Å². The number of rotatable bonds is 5. The van der Waals surface area contributed by atoms with E-state index in [4.69, 9.17) is 5.73 Å². The maximum absolute atomic E-state index is 11.3. The molecule has 6 heteroatoms. The van der Waals surface area contributed by atoms with Crippen LogP contribution in [0.1, 0.15) is 11.1 Å². The largest absolute Gasteiger partial charge is 0.370 e. The molecule has 4 N–H and O–H groups in total. The van der Waals surface area contributed by atoms with Crippen LogP contribution in [0.3, 0.4) is 0 Å². The van der Waals surface area contributed by atoms with Gasteiger partial charge in [0.05, 0.1) is 0 Å². The van der Waals surface area contributed by atoms with Crippen LogP contribution in [0.15, 0.2) is 35.8 Å². The van der Waals surface area contributed by atoms with Gasteiger partial charge in [0.25, 0.3) is 0 Å². The van der Waals surface area contributed by atoms with E-state index in [0.717, 1.165) is 5.69 Å². The van der Waals surface area contributed by atoms with Crippen LogP contribution in [0, 0.1) is 13.8 Å². The van der Waals surface area contributed by atoms with E-state index in [9.17, 15) is 4.79 Å². The maximum atomic E-state index is 11.3. The number of nitrogens with zero attached hydrogens (tertiary/aromatic N) is 1. The zero-order chi connectivity index (χ0) is 14.3. The first kappa shape index (κ1) is 18.4. The highest BCUT2D eigenvalue weighted by molar-refractivity contribution is 14.0. The molecule has 0 atom stereocenters. The van der Waals surface area contributed by atoms with E-state index in [1.54, 1.807) is 6.08 Å². The Bertz CT molecular complexity index is 500. The highest BCUT2D eigenvalue weighted by Crippen LogP contribution is 2.13. The summed E-state index contributed by atoms with van der Waals surface area (Å²) < 4.78 is 0. The monoisotopic (exact) mass is 388 g/mol. The smallest absolute Gasteiger partial charge is 0.242 e. The minimum Gasteiger partial charge on any atom is -0.370 e. The Morgan fingerprint density at radius 3 is 2.70 bits per heavy atom. The molecule has 0 fully saturated rings. The molecule has 0 aliphatic carbocycles. The Kier molecular flexibility index (Phi) is 8.62. The summed E-state index contributed by atoms with van der Waals surface area (Å²) in [7, 11) is 0. The van der Waals surface area contributed by atoms with E-state index in [0.29, 0.717) is 6.54 Å². The predicted octanol–water partition coefficient (Wildman–Crippen LogP) is 1.95. The van der Waals surface area contributed by atoms with Crippen molar-refractivity contribution in [3.05, 3.63) is 42.0 Å². The minimum absolute atomic E-state index is 0. The van der Waals surface area contributed by atoms with Crippen molar-refractivity contribution in [3.63, 3.8) is 0 Å². The SMILES string of the molecule is C=CCNC(=O)CN=C(N)Nc1ccc(C)c(C)c1.I. The van der Waals surface area contributed by atoms with Crippen LogP contribution in [-0.2, 0) is 4.79 Å². The van der Waals surface area contributed by atoms with Crippen molar-refractivity contribution in [3.8, 4) is 0 Å². The van der Waals surface area contributed by atoms with Gasteiger partial charge in [-0.15, -0.1) is 30.6 Å². The molecule has 1 rings (SSSR count). The first-order valence-corrected chi connectivity index (χ1v) is 6.04. The number of halogens is 1. The quantitative estimate of drug-likeness (QED) is 0.312. The van der Waals surface area contributed by atoms with E-state index in [1.807, 2.05) is 32.0 Å². The molecule has 0 spiro atoms. The number of benzene rings is 1. The zero-order valence-corrected chi connectivity index (χ0v) is 14.1. The number of carbonyl (C=O) groups excluding carboxylic acids is 1. The highest BCUT2D eigenvalue weighted by atomic mass is 127. The number of nitrogens with two attached hydrogens (primary N) is 1. The van der Waals surface area contributed by atoms with Gasteiger partial charge in [-0.3, -0.25) is 4.79 Å². The molecule has 1 aromatic rings. The fourth-order valence-corrected chi connectivity index (χ4v) is 1.41. The third-order valence-corrected chi connectivity index (χ3v) is 2.62. The van der Waals surface area contributed by atoms with Gasteiger partial charge in [0.2, 0.25) is 5.91 Å². The van der Waals surface area contributed by atoms with Crippen molar-refractivity contribution in [1.29, 1.82) is 0 Å². The first-order chi connectivity index (χ1) is 9.02. The lowest BCUT2D eigenvalue weighted by molar-refractivity contribution is -0.119. The zero-order valence-electron chi connectivity index (χ0n) is 11.8. The number of aliphatic imine (C=N–C) groups is 1. The summed E-state index contributed by atoms with van der Waals surface area (Å²) >= 11 is 0. The van der Waals surface area contributed by atoms with Crippen molar-refractivity contribution in [1.82, 2.24) is 5.32 Å². The first-order valence-electron chi connectivity index (χ1n) is 6.04. The average Bonchev–Trinajstić information content (AvgIpc) is 2.38. The van der Waals surface area contributed by atoms with E-state index in [-0.39, 0.29) is 42.4 Å².